The number of carbonyl (C=O) groups excluding carboxylic acids is 2. The highest BCUT2D eigenvalue weighted by atomic mass is 16.3. The molecule has 2 amide bonds. The molecule has 5 heteroatoms. The van der Waals surface area contributed by atoms with E-state index in [-0.39, 0.29) is 5.92 Å². The number of hydrogen-bond donors (Lipinski definition) is 3. The Kier molecular flexibility index (Phi) is 6.56. The monoisotopic (exact) mass is 306 g/mol. The highest BCUT2D eigenvalue weighted by Crippen LogP contribution is 2.15. The first-order chi connectivity index (χ1) is 10.2. The fraction of sp³-hybridized carbons (Fsp3) is 0.529. The molecule has 0 heterocycles. The molecule has 0 radical (unpaired) electrons. The van der Waals surface area contributed by atoms with Gasteiger partial charge in [0.15, 0.2) is 0 Å². The van der Waals surface area contributed by atoms with E-state index in [1.165, 1.54) is 0 Å². The summed E-state index contributed by atoms with van der Waals surface area (Å²) in [6.45, 7) is 7.74. The number of benzene rings is 1. The first kappa shape index (κ1) is 18.2. The lowest BCUT2D eigenvalue weighted by Crippen LogP contribution is -2.49. The molecule has 0 aliphatic carbocycles. The number of aliphatic hydroxyl groups is 1. The van der Waals surface area contributed by atoms with Crippen LogP contribution >= 0.6 is 0 Å². The van der Waals surface area contributed by atoms with Crippen LogP contribution in [0, 0.1) is 19.8 Å². The highest BCUT2D eigenvalue weighted by molar-refractivity contribution is 5.88. The molecule has 0 unspecified atom stereocenters. The molecular formula is C17H26N2O3. The fourth-order valence-corrected chi connectivity index (χ4v) is 2.42. The van der Waals surface area contributed by atoms with Gasteiger partial charge < -0.3 is 16.2 Å². The topological polar surface area (TPSA) is 92.4 Å². The number of aryl methyl sites for hydroxylation is 2. The number of carbonyl (C=O) groups is 2. The van der Waals surface area contributed by atoms with Crippen molar-refractivity contribution in [2.45, 2.75) is 52.7 Å². The molecule has 0 aliphatic rings. The minimum Gasteiger partial charge on any atom is -0.383 e. The van der Waals surface area contributed by atoms with E-state index < -0.39 is 24.0 Å². The Morgan fingerprint density at radius 1 is 1.23 bits per heavy atom. The number of hydrogen-bond acceptors (Lipinski definition) is 3. The Morgan fingerprint density at radius 3 is 2.23 bits per heavy atom. The van der Waals surface area contributed by atoms with Gasteiger partial charge in [-0.3, -0.25) is 9.59 Å². The molecule has 2 atom stereocenters. The van der Waals surface area contributed by atoms with E-state index in [1.54, 1.807) is 0 Å². The predicted octanol–water partition coefficient (Wildman–Crippen LogP) is 1.22. The molecule has 0 fully saturated rings. The van der Waals surface area contributed by atoms with Crippen molar-refractivity contribution < 1.29 is 14.7 Å². The third-order valence-corrected chi connectivity index (χ3v) is 3.71. The maximum absolute atomic E-state index is 12.0. The Labute approximate surface area is 131 Å². The molecule has 0 spiro atoms. The normalized spacial score (nSPS) is 13.7. The van der Waals surface area contributed by atoms with Gasteiger partial charge in [0.25, 0.3) is 0 Å². The number of aliphatic hydroxyl groups excluding tert-OH is 1. The largest absolute Gasteiger partial charge is 0.383 e. The zero-order valence-corrected chi connectivity index (χ0v) is 13.7. The molecule has 0 bridgehead atoms. The first-order valence-electron chi connectivity index (χ1n) is 7.55. The Balaban J connectivity index is 2.83. The molecule has 0 saturated carbocycles. The van der Waals surface area contributed by atoms with Gasteiger partial charge in [-0.15, -0.1) is 0 Å². The van der Waals surface area contributed by atoms with Crippen molar-refractivity contribution in [2.24, 2.45) is 11.7 Å². The summed E-state index contributed by atoms with van der Waals surface area (Å²) in [7, 11) is 0. The van der Waals surface area contributed by atoms with Crippen LogP contribution < -0.4 is 11.1 Å². The molecule has 4 N–H and O–H groups in total. The maximum Gasteiger partial charge on any atom is 0.249 e. The van der Waals surface area contributed by atoms with Gasteiger partial charge >= 0.3 is 0 Å². The first-order valence-corrected chi connectivity index (χ1v) is 7.55. The van der Waals surface area contributed by atoms with Crippen LogP contribution in [0.4, 0.5) is 0 Å². The van der Waals surface area contributed by atoms with E-state index in [2.05, 4.69) is 5.32 Å². The van der Waals surface area contributed by atoms with Crippen molar-refractivity contribution in [3.05, 3.63) is 34.9 Å². The Hall–Kier alpha value is -1.88. The van der Waals surface area contributed by atoms with Gasteiger partial charge in [-0.2, -0.15) is 0 Å². The average Bonchev–Trinajstić information content (AvgIpc) is 2.40. The molecule has 0 saturated heterocycles. The third-order valence-electron chi connectivity index (χ3n) is 3.71. The minimum atomic E-state index is -1.13. The van der Waals surface area contributed by atoms with Gasteiger partial charge in [-0.1, -0.05) is 32.0 Å². The van der Waals surface area contributed by atoms with Crippen LogP contribution in [0.2, 0.25) is 0 Å². The summed E-state index contributed by atoms with van der Waals surface area (Å²) in [5, 5.41) is 12.4. The molecule has 5 nitrogen and oxygen atoms in total. The highest BCUT2D eigenvalue weighted by Gasteiger charge is 2.24. The second kappa shape index (κ2) is 7.94. The fourth-order valence-electron chi connectivity index (χ4n) is 2.42. The van der Waals surface area contributed by atoms with Crippen LogP contribution in [0.3, 0.4) is 0 Å². The van der Waals surface area contributed by atoms with Crippen LogP contribution in [0.1, 0.15) is 37.0 Å². The van der Waals surface area contributed by atoms with Gasteiger partial charge in [-0.05, 0) is 42.9 Å². The molecule has 22 heavy (non-hydrogen) atoms. The molecular weight excluding hydrogens is 280 g/mol. The van der Waals surface area contributed by atoms with E-state index in [0.717, 1.165) is 16.7 Å². The van der Waals surface area contributed by atoms with Gasteiger partial charge in [0.05, 0.1) is 0 Å². The Bertz CT molecular complexity index is 520. The van der Waals surface area contributed by atoms with E-state index in [1.807, 2.05) is 45.9 Å². The van der Waals surface area contributed by atoms with Crippen molar-refractivity contribution in [2.75, 3.05) is 0 Å². The molecule has 1 rings (SSSR count). The summed E-state index contributed by atoms with van der Waals surface area (Å²) in [5.74, 6) is -0.970. The standard InChI is InChI=1S/C17H26N2O3/c1-10(2)8-15(20)17(22)19-14(16(18)21)9-13-11(3)6-5-7-12(13)4/h5-7,10,14-15,20H,8-9H2,1-4H3,(H2,18,21)(H,19,22)/t14-,15-/m0/s1. The minimum absolute atomic E-state index is 0.186. The lowest BCUT2D eigenvalue weighted by molar-refractivity contribution is -0.133. The molecule has 0 aromatic heterocycles. The van der Waals surface area contributed by atoms with Crippen molar-refractivity contribution in [1.82, 2.24) is 5.32 Å². The van der Waals surface area contributed by atoms with Gasteiger partial charge in [0, 0.05) is 6.42 Å². The van der Waals surface area contributed by atoms with E-state index in [4.69, 9.17) is 5.73 Å². The maximum atomic E-state index is 12.0. The van der Waals surface area contributed by atoms with Crippen molar-refractivity contribution in [3.8, 4) is 0 Å². The number of rotatable bonds is 7. The second-order valence-electron chi connectivity index (χ2n) is 6.18. The number of amides is 2. The molecule has 1 aromatic rings. The molecule has 0 aliphatic heterocycles. The summed E-state index contributed by atoms with van der Waals surface area (Å²) < 4.78 is 0. The van der Waals surface area contributed by atoms with Crippen LogP contribution in [-0.2, 0) is 16.0 Å². The third kappa shape index (κ3) is 5.15. The van der Waals surface area contributed by atoms with Crippen LogP contribution in [0.5, 0.6) is 0 Å². The molecule has 1 aromatic carbocycles. The number of nitrogens with two attached hydrogens (primary N) is 1. The zero-order chi connectivity index (χ0) is 16.9. The SMILES string of the molecule is Cc1cccc(C)c1C[C@H](NC(=O)[C@@H](O)CC(C)C)C(N)=O. The van der Waals surface area contributed by atoms with Gasteiger partial charge in [-0.25, -0.2) is 0 Å². The van der Waals surface area contributed by atoms with Crippen LogP contribution in [0.15, 0.2) is 18.2 Å². The Morgan fingerprint density at radius 2 is 1.77 bits per heavy atom. The van der Waals surface area contributed by atoms with Gasteiger partial charge in [0.2, 0.25) is 11.8 Å². The summed E-state index contributed by atoms with van der Waals surface area (Å²) >= 11 is 0. The summed E-state index contributed by atoms with van der Waals surface area (Å²) in [6, 6.07) is 5.03. The number of primary amides is 1. The zero-order valence-electron chi connectivity index (χ0n) is 13.7. The number of nitrogens with one attached hydrogen (secondary N) is 1. The van der Waals surface area contributed by atoms with Crippen molar-refractivity contribution in [3.63, 3.8) is 0 Å². The van der Waals surface area contributed by atoms with Crippen molar-refractivity contribution >= 4 is 11.8 Å². The van der Waals surface area contributed by atoms with Crippen LogP contribution in [0.25, 0.3) is 0 Å². The van der Waals surface area contributed by atoms with Crippen molar-refractivity contribution in [1.29, 1.82) is 0 Å². The average molecular weight is 306 g/mol. The molecule has 122 valence electrons. The second-order valence-corrected chi connectivity index (χ2v) is 6.18. The summed E-state index contributed by atoms with van der Waals surface area (Å²) in [5.41, 5.74) is 8.48. The van der Waals surface area contributed by atoms with E-state index in [9.17, 15) is 14.7 Å². The predicted molar refractivity (Wildman–Crippen MR) is 86.2 cm³/mol. The quantitative estimate of drug-likeness (QED) is 0.707. The van der Waals surface area contributed by atoms with E-state index in [0.29, 0.717) is 12.8 Å². The summed E-state index contributed by atoms with van der Waals surface area (Å²) in [6.07, 6.45) is -0.450. The lowest BCUT2D eigenvalue weighted by Gasteiger charge is -2.20. The lowest BCUT2D eigenvalue weighted by atomic mass is 9.96. The smallest absolute Gasteiger partial charge is 0.249 e. The van der Waals surface area contributed by atoms with Gasteiger partial charge in [0.1, 0.15) is 12.1 Å². The van der Waals surface area contributed by atoms with Crippen LogP contribution in [-0.4, -0.2) is 29.1 Å². The summed E-state index contributed by atoms with van der Waals surface area (Å²) in [4.78, 5) is 23.6. The van der Waals surface area contributed by atoms with E-state index >= 15 is 0 Å².